The van der Waals surface area contributed by atoms with E-state index in [9.17, 15) is 0 Å². The van der Waals surface area contributed by atoms with Crippen LogP contribution in [-0.2, 0) is 13.0 Å². The minimum absolute atomic E-state index is 0.708. The van der Waals surface area contributed by atoms with Gasteiger partial charge in [-0.15, -0.1) is 0 Å². The van der Waals surface area contributed by atoms with Gasteiger partial charge < -0.3 is 5.32 Å². The number of benzene rings is 1. The highest BCUT2D eigenvalue weighted by Gasteiger charge is 1.99. The standard InChI is InChI=1S/C14H17N3/c1-3-12-8-13(5-4-11(12)2)17-10-14-9-15-6-7-16-14/h4-9,17H,3,10H2,1-2H3. The maximum Gasteiger partial charge on any atom is 0.0777 e. The summed E-state index contributed by atoms with van der Waals surface area (Å²) in [4.78, 5) is 8.27. The Hall–Kier alpha value is -1.90. The third kappa shape index (κ3) is 3.03. The van der Waals surface area contributed by atoms with E-state index in [0.717, 1.165) is 17.8 Å². The number of aromatic nitrogens is 2. The number of aryl methyl sites for hydroxylation is 2. The predicted octanol–water partition coefficient (Wildman–Crippen LogP) is 2.96. The van der Waals surface area contributed by atoms with Crippen molar-refractivity contribution in [1.82, 2.24) is 9.97 Å². The van der Waals surface area contributed by atoms with Gasteiger partial charge in [0.2, 0.25) is 0 Å². The molecule has 17 heavy (non-hydrogen) atoms. The maximum atomic E-state index is 4.23. The Balaban J connectivity index is 2.04. The summed E-state index contributed by atoms with van der Waals surface area (Å²) in [5.74, 6) is 0. The lowest BCUT2D eigenvalue weighted by atomic mass is 10.1. The Labute approximate surface area is 102 Å². The minimum atomic E-state index is 0.708. The monoisotopic (exact) mass is 227 g/mol. The molecule has 0 aliphatic carbocycles. The second-order valence-corrected chi connectivity index (χ2v) is 4.05. The normalized spacial score (nSPS) is 10.2. The fourth-order valence-electron chi connectivity index (χ4n) is 1.78. The van der Waals surface area contributed by atoms with Crippen LogP contribution >= 0.6 is 0 Å². The fourth-order valence-corrected chi connectivity index (χ4v) is 1.78. The van der Waals surface area contributed by atoms with Gasteiger partial charge in [0.25, 0.3) is 0 Å². The third-order valence-electron chi connectivity index (χ3n) is 2.82. The molecule has 0 fully saturated rings. The lowest BCUT2D eigenvalue weighted by molar-refractivity contribution is 1.01. The predicted molar refractivity (Wildman–Crippen MR) is 69.9 cm³/mol. The molecule has 1 heterocycles. The minimum Gasteiger partial charge on any atom is -0.379 e. The second kappa shape index (κ2) is 5.43. The lowest BCUT2D eigenvalue weighted by Gasteiger charge is -2.09. The zero-order chi connectivity index (χ0) is 12.1. The van der Waals surface area contributed by atoms with Crippen LogP contribution in [0.25, 0.3) is 0 Å². The smallest absolute Gasteiger partial charge is 0.0777 e. The fraction of sp³-hybridized carbons (Fsp3) is 0.286. The zero-order valence-electron chi connectivity index (χ0n) is 10.3. The number of nitrogens with zero attached hydrogens (tertiary/aromatic N) is 2. The lowest BCUT2D eigenvalue weighted by Crippen LogP contribution is -2.02. The summed E-state index contributed by atoms with van der Waals surface area (Å²) < 4.78 is 0. The Bertz CT molecular complexity index is 480. The van der Waals surface area contributed by atoms with Gasteiger partial charge in [0.15, 0.2) is 0 Å². The molecule has 1 N–H and O–H groups in total. The SMILES string of the molecule is CCc1cc(NCc2cnccn2)ccc1C. The van der Waals surface area contributed by atoms with Gasteiger partial charge in [-0.3, -0.25) is 9.97 Å². The molecular formula is C14H17N3. The van der Waals surface area contributed by atoms with E-state index in [4.69, 9.17) is 0 Å². The van der Waals surface area contributed by atoms with Gasteiger partial charge in [0, 0.05) is 18.1 Å². The molecule has 0 atom stereocenters. The van der Waals surface area contributed by atoms with Crippen LogP contribution in [0.3, 0.4) is 0 Å². The van der Waals surface area contributed by atoms with E-state index in [1.807, 2.05) is 0 Å². The van der Waals surface area contributed by atoms with Crippen molar-refractivity contribution in [2.45, 2.75) is 26.8 Å². The van der Waals surface area contributed by atoms with Gasteiger partial charge in [-0.25, -0.2) is 0 Å². The van der Waals surface area contributed by atoms with Gasteiger partial charge >= 0.3 is 0 Å². The van der Waals surface area contributed by atoms with Gasteiger partial charge in [0.1, 0.15) is 0 Å². The first-order valence-electron chi connectivity index (χ1n) is 5.88. The number of hydrogen-bond acceptors (Lipinski definition) is 3. The molecule has 2 rings (SSSR count). The van der Waals surface area contributed by atoms with Crippen LogP contribution in [0.15, 0.2) is 36.8 Å². The Morgan fingerprint density at radius 3 is 2.82 bits per heavy atom. The zero-order valence-corrected chi connectivity index (χ0v) is 10.3. The molecule has 0 radical (unpaired) electrons. The van der Waals surface area contributed by atoms with Crippen LogP contribution in [0.2, 0.25) is 0 Å². The van der Waals surface area contributed by atoms with Crippen molar-refractivity contribution in [3.63, 3.8) is 0 Å². The van der Waals surface area contributed by atoms with Crippen molar-refractivity contribution >= 4 is 5.69 Å². The molecule has 0 saturated carbocycles. The van der Waals surface area contributed by atoms with Crippen LogP contribution in [0.4, 0.5) is 5.69 Å². The first-order chi connectivity index (χ1) is 8.29. The summed E-state index contributed by atoms with van der Waals surface area (Å²) in [6.07, 6.45) is 6.24. The third-order valence-corrected chi connectivity index (χ3v) is 2.82. The topological polar surface area (TPSA) is 37.8 Å². The summed E-state index contributed by atoms with van der Waals surface area (Å²) in [7, 11) is 0. The van der Waals surface area contributed by atoms with Crippen LogP contribution in [0.1, 0.15) is 23.7 Å². The average Bonchev–Trinajstić information content (AvgIpc) is 2.39. The van der Waals surface area contributed by atoms with E-state index in [-0.39, 0.29) is 0 Å². The average molecular weight is 227 g/mol. The van der Waals surface area contributed by atoms with Crippen molar-refractivity contribution in [3.8, 4) is 0 Å². The van der Waals surface area contributed by atoms with E-state index in [2.05, 4.69) is 47.3 Å². The molecule has 3 nitrogen and oxygen atoms in total. The maximum absolute atomic E-state index is 4.23. The van der Waals surface area contributed by atoms with E-state index in [1.54, 1.807) is 18.6 Å². The van der Waals surface area contributed by atoms with Gasteiger partial charge in [-0.05, 0) is 36.6 Å². The first kappa shape index (κ1) is 11.6. The van der Waals surface area contributed by atoms with Gasteiger partial charge in [-0.2, -0.15) is 0 Å². The number of hydrogen-bond donors (Lipinski definition) is 1. The molecular weight excluding hydrogens is 210 g/mol. The summed E-state index contributed by atoms with van der Waals surface area (Å²) in [5, 5.41) is 3.36. The number of anilines is 1. The van der Waals surface area contributed by atoms with Crippen molar-refractivity contribution in [3.05, 3.63) is 53.6 Å². The van der Waals surface area contributed by atoms with Crippen LogP contribution in [0, 0.1) is 6.92 Å². The molecule has 88 valence electrons. The highest BCUT2D eigenvalue weighted by Crippen LogP contribution is 2.16. The van der Waals surface area contributed by atoms with E-state index in [1.165, 1.54) is 11.1 Å². The molecule has 1 aromatic heterocycles. The summed E-state index contributed by atoms with van der Waals surface area (Å²) in [6.45, 7) is 5.03. The quantitative estimate of drug-likeness (QED) is 0.872. The molecule has 1 aromatic carbocycles. The molecule has 0 saturated heterocycles. The molecule has 0 aliphatic rings. The second-order valence-electron chi connectivity index (χ2n) is 4.05. The molecule has 2 aromatic rings. The number of rotatable bonds is 4. The van der Waals surface area contributed by atoms with E-state index in [0.29, 0.717) is 6.54 Å². The molecule has 0 aliphatic heterocycles. The molecule has 0 unspecified atom stereocenters. The molecule has 0 amide bonds. The van der Waals surface area contributed by atoms with Crippen molar-refractivity contribution in [2.24, 2.45) is 0 Å². The molecule has 0 bridgehead atoms. The van der Waals surface area contributed by atoms with Crippen molar-refractivity contribution < 1.29 is 0 Å². The highest BCUT2D eigenvalue weighted by atomic mass is 14.9. The largest absolute Gasteiger partial charge is 0.379 e. The Kier molecular flexibility index (Phi) is 3.70. The van der Waals surface area contributed by atoms with E-state index >= 15 is 0 Å². The Morgan fingerprint density at radius 1 is 1.24 bits per heavy atom. The summed E-state index contributed by atoms with van der Waals surface area (Å²) in [6, 6.07) is 6.45. The van der Waals surface area contributed by atoms with Crippen molar-refractivity contribution in [1.29, 1.82) is 0 Å². The van der Waals surface area contributed by atoms with E-state index < -0.39 is 0 Å². The van der Waals surface area contributed by atoms with Crippen LogP contribution in [-0.4, -0.2) is 9.97 Å². The first-order valence-corrected chi connectivity index (χ1v) is 5.88. The molecule has 0 spiro atoms. The van der Waals surface area contributed by atoms with Gasteiger partial charge in [-0.1, -0.05) is 13.0 Å². The van der Waals surface area contributed by atoms with Gasteiger partial charge in [0.05, 0.1) is 18.4 Å². The van der Waals surface area contributed by atoms with Crippen molar-refractivity contribution in [2.75, 3.05) is 5.32 Å². The van der Waals surface area contributed by atoms with Crippen LogP contribution in [0.5, 0.6) is 0 Å². The Morgan fingerprint density at radius 2 is 2.12 bits per heavy atom. The number of nitrogens with one attached hydrogen (secondary N) is 1. The summed E-state index contributed by atoms with van der Waals surface area (Å²) >= 11 is 0. The summed E-state index contributed by atoms with van der Waals surface area (Å²) in [5.41, 5.74) is 4.82. The highest BCUT2D eigenvalue weighted by molar-refractivity contribution is 5.48. The molecule has 3 heteroatoms. The van der Waals surface area contributed by atoms with Crippen LogP contribution < -0.4 is 5.32 Å².